The van der Waals surface area contributed by atoms with E-state index in [-0.39, 0.29) is 31.6 Å². The molecule has 0 aliphatic carbocycles. The molecule has 1 amide bonds. The molecule has 1 aromatic heterocycles. The van der Waals surface area contributed by atoms with Crippen LogP contribution in [0.4, 0.5) is 0 Å². The summed E-state index contributed by atoms with van der Waals surface area (Å²) in [6, 6.07) is 5.52. The van der Waals surface area contributed by atoms with Gasteiger partial charge in [0.15, 0.2) is 6.23 Å². The zero-order chi connectivity index (χ0) is 18.3. The lowest BCUT2D eigenvalue weighted by Gasteiger charge is -2.19. The molecule has 138 valence electrons. The molecule has 0 aromatic carbocycles. The largest absolute Gasteiger partial charge is 0.370 e. The predicted octanol–water partition coefficient (Wildman–Crippen LogP) is 1.88. The van der Waals surface area contributed by atoms with E-state index in [1.54, 1.807) is 6.20 Å². The number of hydrogen-bond acceptors (Lipinski definition) is 8. The first-order valence-electron chi connectivity index (χ1n) is 7.60. The highest BCUT2D eigenvalue weighted by atomic mass is 33.1. The summed E-state index contributed by atoms with van der Waals surface area (Å²) < 4.78 is 12.1. The van der Waals surface area contributed by atoms with Crippen LogP contribution in [0.5, 0.6) is 0 Å². The van der Waals surface area contributed by atoms with Crippen molar-refractivity contribution in [2.45, 2.75) is 30.5 Å². The van der Waals surface area contributed by atoms with Crippen LogP contribution >= 0.6 is 29.0 Å². The van der Waals surface area contributed by atoms with Crippen LogP contribution in [0.3, 0.4) is 0 Å². The van der Waals surface area contributed by atoms with E-state index in [0.717, 1.165) is 5.03 Å². The van der Waals surface area contributed by atoms with E-state index in [0.29, 0.717) is 10.8 Å². The molecule has 0 saturated carbocycles. The van der Waals surface area contributed by atoms with Crippen molar-refractivity contribution in [3.8, 4) is 0 Å². The van der Waals surface area contributed by atoms with Crippen LogP contribution in [0.2, 0.25) is 0 Å². The minimum absolute atomic E-state index is 0.0655. The van der Waals surface area contributed by atoms with Crippen molar-refractivity contribution in [3.05, 3.63) is 24.4 Å². The Balaban J connectivity index is 1.65. The lowest BCUT2D eigenvalue weighted by atomic mass is 10.4. The van der Waals surface area contributed by atoms with Gasteiger partial charge in [-0.1, -0.05) is 16.9 Å². The number of aromatic nitrogens is 1. The number of rotatable bonds is 9. The topological polar surface area (TPSA) is 117 Å². The van der Waals surface area contributed by atoms with Crippen molar-refractivity contribution < 1.29 is 29.0 Å². The Morgan fingerprint density at radius 2 is 2.24 bits per heavy atom. The second kappa shape index (κ2) is 9.59. The van der Waals surface area contributed by atoms with Crippen LogP contribution in [0.25, 0.3) is 0 Å². The molecule has 2 N–H and O–H groups in total. The van der Waals surface area contributed by atoms with Crippen LogP contribution in [0.15, 0.2) is 29.4 Å². The van der Waals surface area contributed by atoms with Gasteiger partial charge in [0, 0.05) is 37.1 Å². The fourth-order valence-electron chi connectivity index (χ4n) is 1.97. The molecule has 1 aliphatic heterocycles. The van der Waals surface area contributed by atoms with Crippen LogP contribution in [0, 0.1) is 0 Å². The summed E-state index contributed by atoms with van der Waals surface area (Å²) in [7, 11) is -0.633. The Morgan fingerprint density at radius 1 is 1.44 bits per heavy atom. The molecule has 1 aromatic rings. The third-order valence-electron chi connectivity index (χ3n) is 3.30. The van der Waals surface area contributed by atoms with Gasteiger partial charge in [-0.3, -0.25) is 9.36 Å². The summed E-state index contributed by atoms with van der Waals surface area (Å²) >= 11 is 0. The third-order valence-corrected chi connectivity index (χ3v) is 7.72. The Bertz CT molecular complexity index is 647. The average Bonchev–Trinajstić information content (AvgIpc) is 2.90. The van der Waals surface area contributed by atoms with Gasteiger partial charge in [-0.2, -0.15) is 0 Å². The lowest BCUT2D eigenvalue weighted by molar-refractivity contribution is -0.220. The van der Waals surface area contributed by atoms with Crippen molar-refractivity contribution in [2.24, 2.45) is 0 Å². The summed E-state index contributed by atoms with van der Waals surface area (Å²) in [4.78, 5) is 41.9. The normalized spacial score (nSPS) is 19.7. The van der Waals surface area contributed by atoms with E-state index in [2.05, 4.69) is 4.98 Å². The van der Waals surface area contributed by atoms with Crippen molar-refractivity contribution in [3.63, 3.8) is 0 Å². The SMILES string of the molecule is O=C(CCP(=O)(O)CCSSc1ccccn1)ON1C(=O)CCC1O. The van der Waals surface area contributed by atoms with Crippen molar-refractivity contribution in [1.82, 2.24) is 10.0 Å². The fraction of sp³-hybridized carbons (Fsp3) is 0.500. The Morgan fingerprint density at radius 3 is 2.88 bits per heavy atom. The highest BCUT2D eigenvalue weighted by Crippen LogP contribution is 2.43. The molecule has 2 rings (SSSR count). The second-order valence-corrected chi connectivity index (χ2v) is 10.3. The highest BCUT2D eigenvalue weighted by molar-refractivity contribution is 8.76. The first kappa shape index (κ1) is 20.3. The molecule has 11 heteroatoms. The Labute approximate surface area is 153 Å². The van der Waals surface area contributed by atoms with E-state index >= 15 is 0 Å². The van der Waals surface area contributed by atoms with Gasteiger partial charge in [0.25, 0.3) is 5.91 Å². The van der Waals surface area contributed by atoms with Gasteiger partial charge >= 0.3 is 5.97 Å². The minimum Gasteiger partial charge on any atom is -0.370 e. The number of pyridine rings is 1. The second-order valence-electron chi connectivity index (χ2n) is 5.32. The monoisotopic (exact) mass is 406 g/mol. The fourth-order valence-corrected chi connectivity index (χ4v) is 6.19. The van der Waals surface area contributed by atoms with Crippen molar-refractivity contribution >= 4 is 40.8 Å². The van der Waals surface area contributed by atoms with E-state index < -0.39 is 25.5 Å². The number of aliphatic hydroxyl groups excluding tert-OH is 1. The molecule has 0 radical (unpaired) electrons. The molecule has 8 nitrogen and oxygen atoms in total. The third kappa shape index (κ3) is 6.99. The number of hydroxylamine groups is 2. The first-order chi connectivity index (χ1) is 11.9. The van der Waals surface area contributed by atoms with Gasteiger partial charge < -0.3 is 14.8 Å². The van der Waals surface area contributed by atoms with Gasteiger partial charge in [0.05, 0.1) is 6.42 Å². The van der Waals surface area contributed by atoms with Crippen LogP contribution in [-0.4, -0.2) is 56.2 Å². The standard InChI is InChI=1S/C14H19N2O6PS2/c17-12-4-5-13(18)16(12)22-14(19)6-8-23(20,21)9-10-24-25-11-3-1-2-7-15-11/h1-3,7,12,17H,4-6,8-10H2,(H,20,21). The smallest absolute Gasteiger partial charge is 0.333 e. The Hall–Kier alpha value is -1.06. The first-order valence-corrected chi connectivity index (χ1v) is 11.9. The molecular formula is C14H19N2O6PS2. The van der Waals surface area contributed by atoms with Crippen molar-refractivity contribution in [1.29, 1.82) is 0 Å². The molecule has 0 spiro atoms. The van der Waals surface area contributed by atoms with E-state index in [1.165, 1.54) is 21.6 Å². The maximum atomic E-state index is 12.1. The van der Waals surface area contributed by atoms with Gasteiger partial charge in [-0.25, -0.2) is 9.78 Å². The molecule has 2 unspecified atom stereocenters. The van der Waals surface area contributed by atoms with E-state index in [9.17, 15) is 24.2 Å². The average molecular weight is 406 g/mol. The van der Waals surface area contributed by atoms with Crippen LogP contribution in [-0.2, 0) is 19.0 Å². The van der Waals surface area contributed by atoms with E-state index in [1.807, 2.05) is 18.2 Å². The molecule has 0 bridgehead atoms. The molecular weight excluding hydrogens is 387 g/mol. The number of amides is 1. The maximum absolute atomic E-state index is 12.1. The van der Waals surface area contributed by atoms with Crippen LogP contribution in [0.1, 0.15) is 19.3 Å². The summed E-state index contributed by atoms with van der Waals surface area (Å²) in [6.45, 7) is 0. The molecule has 1 saturated heterocycles. The highest BCUT2D eigenvalue weighted by Gasteiger charge is 2.33. The van der Waals surface area contributed by atoms with Gasteiger partial charge in [0.1, 0.15) is 5.03 Å². The van der Waals surface area contributed by atoms with E-state index in [4.69, 9.17) is 4.84 Å². The maximum Gasteiger partial charge on any atom is 0.333 e. The Kier molecular flexibility index (Phi) is 7.77. The van der Waals surface area contributed by atoms with Gasteiger partial charge in [0.2, 0.25) is 7.37 Å². The summed E-state index contributed by atoms with van der Waals surface area (Å²) in [6.07, 6.45) is 0.399. The predicted molar refractivity (Wildman–Crippen MR) is 94.9 cm³/mol. The van der Waals surface area contributed by atoms with Crippen LogP contribution < -0.4 is 0 Å². The summed E-state index contributed by atoms with van der Waals surface area (Å²) in [5.74, 6) is -0.844. The lowest BCUT2D eigenvalue weighted by Crippen LogP contribution is -2.35. The van der Waals surface area contributed by atoms with Crippen molar-refractivity contribution in [2.75, 3.05) is 18.1 Å². The number of hydrogen-bond donors (Lipinski definition) is 2. The summed E-state index contributed by atoms with van der Waals surface area (Å²) in [5.41, 5.74) is 0. The number of carbonyl (C=O) groups is 2. The summed E-state index contributed by atoms with van der Waals surface area (Å²) in [5, 5.41) is 10.9. The molecule has 1 aliphatic rings. The minimum atomic E-state index is -3.46. The zero-order valence-electron chi connectivity index (χ0n) is 13.3. The quantitative estimate of drug-likeness (QED) is 0.360. The molecule has 25 heavy (non-hydrogen) atoms. The van der Waals surface area contributed by atoms with Gasteiger partial charge in [-0.05, 0) is 22.9 Å². The molecule has 2 heterocycles. The zero-order valence-corrected chi connectivity index (χ0v) is 15.8. The van der Waals surface area contributed by atoms with Gasteiger partial charge in [-0.15, -0.1) is 5.06 Å². The molecule has 1 fully saturated rings. The molecule has 2 atom stereocenters. The number of carbonyl (C=O) groups excluding carboxylic acids is 2. The number of aliphatic hydroxyl groups is 1. The number of nitrogens with zero attached hydrogens (tertiary/aromatic N) is 2.